The molecule has 0 aromatic heterocycles. The fourth-order valence-electron chi connectivity index (χ4n) is 1.75. The molecule has 1 aromatic carbocycles. The van der Waals surface area contributed by atoms with Gasteiger partial charge >= 0.3 is 104 Å². The van der Waals surface area contributed by atoms with Crippen LogP contribution in [-0.2, 0) is 4.52 Å². The molecule has 0 heterocycles. The van der Waals surface area contributed by atoms with E-state index in [2.05, 4.69) is 13.8 Å². The van der Waals surface area contributed by atoms with Crippen LogP contribution in [0.3, 0.4) is 0 Å². The Labute approximate surface area is 105 Å². The van der Waals surface area contributed by atoms with Crippen LogP contribution in [0.15, 0.2) is 24.3 Å². The maximum atomic E-state index is 6.10. The van der Waals surface area contributed by atoms with Gasteiger partial charge in [-0.1, -0.05) is 0 Å². The number of rotatable bonds is 7. The van der Waals surface area contributed by atoms with E-state index in [0.29, 0.717) is 6.61 Å². The van der Waals surface area contributed by atoms with Crippen molar-refractivity contribution in [2.24, 2.45) is 0 Å². The van der Waals surface area contributed by atoms with Gasteiger partial charge in [-0.3, -0.25) is 0 Å². The molecule has 0 fully saturated rings. The van der Waals surface area contributed by atoms with Crippen molar-refractivity contribution in [3.05, 3.63) is 24.3 Å². The predicted molar refractivity (Wildman–Crippen MR) is 74.6 cm³/mol. The fourth-order valence-corrected chi connectivity index (χ4v) is 4.10. The summed E-state index contributed by atoms with van der Waals surface area (Å²) < 4.78 is 17.1. The Bertz CT molecular complexity index is 320. The van der Waals surface area contributed by atoms with Gasteiger partial charge < -0.3 is 0 Å². The third-order valence-corrected chi connectivity index (χ3v) is 6.43. The molecule has 0 radical (unpaired) electrons. The molecule has 0 amide bonds. The summed E-state index contributed by atoms with van der Waals surface area (Å²) in [5, 5.41) is 0. The van der Waals surface area contributed by atoms with Gasteiger partial charge in [-0.05, 0) is 0 Å². The summed E-state index contributed by atoms with van der Waals surface area (Å²) in [4.78, 5) is 0. The van der Waals surface area contributed by atoms with Crippen LogP contribution in [0.4, 0.5) is 0 Å². The van der Waals surface area contributed by atoms with Gasteiger partial charge in [0.2, 0.25) is 0 Å². The van der Waals surface area contributed by atoms with E-state index >= 15 is 0 Å². The normalized spacial score (nSPS) is 12.2. The first-order valence-corrected chi connectivity index (χ1v) is 8.39. The van der Waals surface area contributed by atoms with Crippen molar-refractivity contribution in [3.8, 4) is 11.5 Å². The molecule has 1 rings (SSSR count). The van der Waals surface area contributed by atoms with Gasteiger partial charge in [0.15, 0.2) is 0 Å². The van der Waals surface area contributed by atoms with E-state index < -0.39 is 7.72 Å². The van der Waals surface area contributed by atoms with Crippen LogP contribution in [0.1, 0.15) is 20.8 Å². The molecule has 0 saturated heterocycles. The Kier molecular flexibility index (Phi) is 5.73. The quantitative estimate of drug-likeness (QED) is 0.697. The molecular formula is C13H23O3P. The zero-order valence-corrected chi connectivity index (χ0v) is 12.2. The zero-order chi connectivity index (χ0) is 12.7. The second-order valence-electron chi connectivity index (χ2n) is 3.83. The molecule has 0 atom stereocenters. The second-order valence-corrected chi connectivity index (χ2v) is 7.56. The van der Waals surface area contributed by atoms with Crippen LogP contribution in [0.5, 0.6) is 11.5 Å². The van der Waals surface area contributed by atoms with Gasteiger partial charge in [0.1, 0.15) is 0 Å². The average Bonchev–Trinajstić information content (AvgIpc) is 2.39. The van der Waals surface area contributed by atoms with Gasteiger partial charge in [0, 0.05) is 0 Å². The minimum absolute atomic E-state index is 0.712. The molecule has 0 aliphatic carbocycles. The van der Waals surface area contributed by atoms with E-state index in [4.69, 9.17) is 13.8 Å². The molecule has 3 nitrogen and oxygen atoms in total. The summed E-state index contributed by atoms with van der Waals surface area (Å²) in [7, 11) is -0.393. The van der Waals surface area contributed by atoms with Crippen molar-refractivity contribution in [1.29, 1.82) is 0 Å². The van der Waals surface area contributed by atoms with Crippen LogP contribution >= 0.6 is 7.72 Å². The Morgan fingerprint density at radius 3 is 1.88 bits per heavy atom. The Morgan fingerprint density at radius 1 is 0.941 bits per heavy atom. The molecule has 0 spiro atoms. The number of methoxy groups -OCH3 is 1. The first-order valence-electron chi connectivity index (χ1n) is 6.16. The van der Waals surface area contributed by atoms with Crippen LogP contribution in [-0.4, -0.2) is 26.0 Å². The Balaban J connectivity index is 2.77. The monoisotopic (exact) mass is 258 g/mol. The molecule has 0 aliphatic heterocycles. The fraction of sp³-hybridized carbons (Fsp3) is 0.538. The third-order valence-electron chi connectivity index (χ3n) is 2.85. The minimum atomic E-state index is -2.05. The number of hydrogen-bond donors (Lipinski definition) is 0. The molecule has 0 bridgehead atoms. The molecule has 17 heavy (non-hydrogen) atoms. The van der Waals surface area contributed by atoms with Gasteiger partial charge in [0.05, 0.1) is 0 Å². The van der Waals surface area contributed by atoms with Crippen LogP contribution in [0.25, 0.3) is 0 Å². The van der Waals surface area contributed by atoms with Crippen molar-refractivity contribution in [2.75, 3.05) is 26.0 Å². The summed E-state index contributed by atoms with van der Waals surface area (Å²) in [6.07, 6.45) is 1.92. The first-order chi connectivity index (χ1) is 8.19. The van der Waals surface area contributed by atoms with E-state index in [0.717, 1.165) is 23.8 Å². The average molecular weight is 258 g/mol. The summed E-state index contributed by atoms with van der Waals surface area (Å²) in [5.41, 5.74) is 0. The third kappa shape index (κ3) is 3.86. The molecule has 98 valence electrons. The SMILES string of the molecule is CCO[PH](CC)(CC)Oc1ccc(OC)cc1. The van der Waals surface area contributed by atoms with Crippen molar-refractivity contribution in [3.63, 3.8) is 0 Å². The van der Waals surface area contributed by atoms with E-state index in [1.54, 1.807) is 7.11 Å². The standard InChI is InChI=1S/C13H23O3P/c1-5-15-17(6-2,7-3)16-13-10-8-12(14-4)9-11-13/h8-11,17H,5-7H2,1-4H3. The van der Waals surface area contributed by atoms with Crippen LogP contribution in [0, 0.1) is 0 Å². The Hall–Kier alpha value is -0.790. The summed E-state index contributed by atoms with van der Waals surface area (Å²) in [5.74, 6) is 1.71. The van der Waals surface area contributed by atoms with E-state index in [-0.39, 0.29) is 0 Å². The van der Waals surface area contributed by atoms with Gasteiger partial charge in [0.25, 0.3) is 0 Å². The van der Waals surface area contributed by atoms with Crippen molar-refractivity contribution in [2.45, 2.75) is 20.8 Å². The predicted octanol–water partition coefficient (Wildman–Crippen LogP) is 3.73. The topological polar surface area (TPSA) is 27.7 Å². The molecule has 1 aromatic rings. The van der Waals surface area contributed by atoms with Crippen molar-refractivity contribution >= 4 is 7.72 Å². The van der Waals surface area contributed by atoms with Crippen LogP contribution in [0.2, 0.25) is 0 Å². The molecule has 4 heteroatoms. The Morgan fingerprint density at radius 2 is 1.47 bits per heavy atom. The number of hydrogen-bond acceptors (Lipinski definition) is 3. The van der Waals surface area contributed by atoms with Gasteiger partial charge in [-0.2, -0.15) is 0 Å². The molecular weight excluding hydrogens is 235 g/mol. The van der Waals surface area contributed by atoms with Crippen LogP contribution < -0.4 is 9.26 Å². The molecule has 0 unspecified atom stereocenters. The maximum absolute atomic E-state index is 6.10. The second kappa shape index (κ2) is 6.83. The first kappa shape index (κ1) is 14.3. The van der Waals surface area contributed by atoms with E-state index in [1.165, 1.54) is 0 Å². The summed E-state index contributed by atoms with van der Waals surface area (Å²) >= 11 is 0. The van der Waals surface area contributed by atoms with Crippen molar-refractivity contribution < 1.29 is 13.8 Å². The molecule has 0 saturated carbocycles. The molecule has 0 aliphatic rings. The molecule has 0 N–H and O–H groups in total. The van der Waals surface area contributed by atoms with E-state index in [1.807, 2.05) is 31.2 Å². The zero-order valence-electron chi connectivity index (χ0n) is 11.2. The van der Waals surface area contributed by atoms with E-state index in [9.17, 15) is 0 Å². The summed E-state index contributed by atoms with van der Waals surface area (Å²) in [6, 6.07) is 7.69. The van der Waals surface area contributed by atoms with Gasteiger partial charge in [-0.25, -0.2) is 0 Å². The number of benzene rings is 1. The number of ether oxygens (including phenoxy) is 1. The van der Waals surface area contributed by atoms with Gasteiger partial charge in [-0.15, -0.1) is 0 Å². The summed E-state index contributed by atoms with van der Waals surface area (Å²) in [6.45, 7) is 7.00. The van der Waals surface area contributed by atoms with Crippen molar-refractivity contribution in [1.82, 2.24) is 0 Å².